The summed E-state index contributed by atoms with van der Waals surface area (Å²) in [6.07, 6.45) is 7.36. The molecule has 0 spiro atoms. The van der Waals surface area contributed by atoms with Gasteiger partial charge in [0.2, 0.25) is 0 Å². The Balaban J connectivity index is 2.15. The zero-order valence-electron chi connectivity index (χ0n) is 11.7. The van der Waals surface area contributed by atoms with Crippen LogP contribution in [0.15, 0.2) is 18.2 Å². The van der Waals surface area contributed by atoms with Crippen LogP contribution in [0.2, 0.25) is 5.02 Å². The van der Waals surface area contributed by atoms with Crippen LogP contribution in [0.4, 0.5) is 0 Å². The molecule has 1 saturated carbocycles. The highest BCUT2D eigenvalue weighted by Gasteiger charge is 2.26. The molecule has 0 amide bonds. The number of halogens is 1. The van der Waals surface area contributed by atoms with Gasteiger partial charge in [-0.05, 0) is 56.7 Å². The number of nitrogens with two attached hydrogens (primary N) is 1. The van der Waals surface area contributed by atoms with E-state index in [4.69, 9.17) is 22.1 Å². The molecule has 2 unspecified atom stereocenters. The van der Waals surface area contributed by atoms with Gasteiger partial charge in [0.15, 0.2) is 0 Å². The van der Waals surface area contributed by atoms with Crippen LogP contribution in [0.1, 0.15) is 44.6 Å². The van der Waals surface area contributed by atoms with Gasteiger partial charge in [-0.25, -0.2) is 0 Å². The molecular weight excluding hydrogens is 258 g/mol. The second-order valence-corrected chi connectivity index (χ2v) is 5.77. The molecule has 0 saturated heterocycles. The van der Waals surface area contributed by atoms with Gasteiger partial charge in [0, 0.05) is 10.6 Å². The lowest BCUT2D eigenvalue weighted by molar-refractivity contribution is 0.0894. The maximum absolute atomic E-state index is 6.28. The van der Waals surface area contributed by atoms with E-state index in [1.807, 2.05) is 18.2 Å². The fourth-order valence-corrected chi connectivity index (χ4v) is 3.26. The van der Waals surface area contributed by atoms with Crippen LogP contribution in [0.3, 0.4) is 0 Å². The zero-order chi connectivity index (χ0) is 13.7. The highest BCUT2D eigenvalue weighted by molar-refractivity contribution is 6.31. The number of hydrogen-bond donors (Lipinski definition) is 1. The zero-order valence-corrected chi connectivity index (χ0v) is 12.5. The van der Waals surface area contributed by atoms with Gasteiger partial charge in [-0.3, -0.25) is 0 Å². The Hall–Kier alpha value is -0.730. The van der Waals surface area contributed by atoms with Crippen molar-refractivity contribution < 1.29 is 4.74 Å². The minimum atomic E-state index is 0.341. The van der Waals surface area contributed by atoms with Crippen molar-refractivity contribution in [1.29, 1.82) is 0 Å². The van der Waals surface area contributed by atoms with E-state index in [0.717, 1.165) is 29.2 Å². The van der Waals surface area contributed by atoms with E-state index in [0.29, 0.717) is 18.6 Å². The first-order chi connectivity index (χ1) is 9.26. The normalized spacial score (nSPS) is 23.3. The summed E-state index contributed by atoms with van der Waals surface area (Å²) in [7, 11) is 0. The van der Waals surface area contributed by atoms with Crippen LogP contribution in [0.25, 0.3) is 0 Å². The summed E-state index contributed by atoms with van der Waals surface area (Å²) in [4.78, 5) is 0. The third kappa shape index (κ3) is 3.64. The van der Waals surface area contributed by atoms with Crippen molar-refractivity contribution in [3.63, 3.8) is 0 Å². The van der Waals surface area contributed by atoms with Gasteiger partial charge in [0.05, 0.1) is 0 Å². The Morgan fingerprint density at radius 1 is 1.32 bits per heavy atom. The summed E-state index contributed by atoms with van der Waals surface area (Å²) in [5.41, 5.74) is 6.73. The molecule has 3 heteroatoms. The van der Waals surface area contributed by atoms with Gasteiger partial charge < -0.3 is 10.5 Å². The topological polar surface area (TPSA) is 35.2 Å². The summed E-state index contributed by atoms with van der Waals surface area (Å²) < 4.78 is 6.28. The molecule has 2 N–H and O–H groups in total. The van der Waals surface area contributed by atoms with Crippen molar-refractivity contribution in [3.8, 4) is 5.75 Å². The molecule has 1 fully saturated rings. The van der Waals surface area contributed by atoms with E-state index in [1.165, 1.54) is 25.7 Å². The minimum Gasteiger partial charge on any atom is -0.490 e. The molecular formula is C16H24ClNO. The third-order valence-corrected chi connectivity index (χ3v) is 4.47. The average Bonchev–Trinajstić information content (AvgIpc) is 2.43. The van der Waals surface area contributed by atoms with Gasteiger partial charge in [-0.15, -0.1) is 0 Å². The predicted molar refractivity (Wildman–Crippen MR) is 80.9 cm³/mol. The minimum absolute atomic E-state index is 0.341. The number of rotatable bonds is 5. The van der Waals surface area contributed by atoms with Crippen molar-refractivity contribution in [2.45, 2.75) is 51.6 Å². The van der Waals surface area contributed by atoms with Crippen LogP contribution >= 0.6 is 11.6 Å². The van der Waals surface area contributed by atoms with Crippen molar-refractivity contribution in [2.24, 2.45) is 11.7 Å². The molecule has 0 aliphatic heterocycles. The molecule has 2 nitrogen and oxygen atoms in total. The molecule has 0 radical (unpaired) electrons. The molecule has 2 atom stereocenters. The second-order valence-electron chi connectivity index (χ2n) is 5.36. The summed E-state index contributed by atoms with van der Waals surface area (Å²) in [6, 6.07) is 5.90. The van der Waals surface area contributed by atoms with Crippen molar-refractivity contribution >= 4 is 11.6 Å². The fraction of sp³-hybridized carbons (Fsp3) is 0.625. The van der Waals surface area contributed by atoms with E-state index in [-0.39, 0.29) is 0 Å². The largest absolute Gasteiger partial charge is 0.490 e. The maximum atomic E-state index is 6.28. The first kappa shape index (κ1) is 14.7. The summed E-state index contributed by atoms with van der Waals surface area (Å²) >= 11 is 6.26. The quantitative estimate of drug-likeness (QED) is 0.878. The molecule has 0 bridgehead atoms. The van der Waals surface area contributed by atoms with Crippen molar-refractivity contribution in [3.05, 3.63) is 28.8 Å². The molecule has 1 aromatic rings. The lowest BCUT2D eigenvalue weighted by Gasteiger charge is -2.32. The molecule has 1 aromatic carbocycles. The van der Waals surface area contributed by atoms with Gasteiger partial charge in [0.1, 0.15) is 11.9 Å². The second kappa shape index (κ2) is 7.16. The van der Waals surface area contributed by atoms with E-state index >= 15 is 0 Å². The Bertz CT molecular complexity index is 408. The Kier molecular flexibility index (Phi) is 5.53. The lowest BCUT2D eigenvalue weighted by atomic mass is 9.84. The molecule has 1 aliphatic rings. The maximum Gasteiger partial charge on any atom is 0.124 e. The summed E-state index contributed by atoms with van der Waals surface area (Å²) in [5.74, 6) is 1.61. The van der Waals surface area contributed by atoms with Crippen LogP contribution in [-0.2, 0) is 6.42 Å². The Morgan fingerprint density at radius 3 is 2.84 bits per heavy atom. The monoisotopic (exact) mass is 281 g/mol. The van der Waals surface area contributed by atoms with Crippen LogP contribution < -0.4 is 10.5 Å². The van der Waals surface area contributed by atoms with Crippen LogP contribution in [-0.4, -0.2) is 12.6 Å². The first-order valence-corrected chi connectivity index (χ1v) is 7.78. The molecule has 0 heterocycles. The highest BCUT2D eigenvalue weighted by Crippen LogP contribution is 2.33. The van der Waals surface area contributed by atoms with E-state index in [9.17, 15) is 0 Å². The molecule has 106 valence electrons. The van der Waals surface area contributed by atoms with Gasteiger partial charge >= 0.3 is 0 Å². The Labute approximate surface area is 121 Å². The smallest absolute Gasteiger partial charge is 0.124 e. The number of benzene rings is 1. The van der Waals surface area contributed by atoms with Crippen molar-refractivity contribution in [1.82, 2.24) is 0 Å². The average molecular weight is 282 g/mol. The van der Waals surface area contributed by atoms with Crippen LogP contribution in [0, 0.1) is 5.92 Å². The molecule has 19 heavy (non-hydrogen) atoms. The Morgan fingerprint density at radius 2 is 2.11 bits per heavy atom. The van der Waals surface area contributed by atoms with E-state index in [1.54, 1.807) is 0 Å². The third-order valence-electron chi connectivity index (χ3n) is 4.11. The molecule has 1 aliphatic carbocycles. The highest BCUT2D eigenvalue weighted by atomic mass is 35.5. The molecule has 2 rings (SSSR count). The van der Waals surface area contributed by atoms with Gasteiger partial charge in [-0.1, -0.05) is 31.0 Å². The predicted octanol–water partition coefficient (Wildman–Crippen LogP) is 4.19. The fourth-order valence-electron chi connectivity index (χ4n) is 3.00. The lowest BCUT2D eigenvalue weighted by Crippen LogP contribution is -2.30. The summed E-state index contributed by atoms with van der Waals surface area (Å²) in [6.45, 7) is 2.85. The van der Waals surface area contributed by atoms with Gasteiger partial charge in [-0.2, -0.15) is 0 Å². The van der Waals surface area contributed by atoms with Gasteiger partial charge in [0.25, 0.3) is 0 Å². The van der Waals surface area contributed by atoms with E-state index in [2.05, 4.69) is 6.92 Å². The summed E-state index contributed by atoms with van der Waals surface area (Å²) in [5, 5.41) is 0.770. The van der Waals surface area contributed by atoms with Crippen LogP contribution in [0.5, 0.6) is 5.75 Å². The first-order valence-electron chi connectivity index (χ1n) is 7.40. The van der Waals surface area contributed by atoms with E-state index < -0.39 is 0 Å². The SMILES string of the molecule is CCC1CCCCC1Oc1cccc(Cl)c1CCN. The molecule has 0 aromatic heterocycles. The van der Waals surface area contributed by atoms with Crippen molar-refractivity contribution in [2.75, 3.05) is 6.54 Å². The standard InChI is InChI=1S/C16H24ClNO/c1-2-12-6-3-4-8-15(12)19-16-9-5-7-14(17)13(16)10-11-18/h5,7,9,12,15H,2-4,6,8,10-11,18H2,1H3. The number of hydrogen-bond acceptors (Lipinski definition) is 2. The number of ether oxygens (including phenoxy) is 1.